The van der Waals surface area contributed by atoms with Crippen LogP contribution in [0.5, 0.6) is 5.75 Å². The normalized spacial score (nSPS) is 19.1. The van der Waals surface area contributed by atoms with E-state index >= 15 is 0 Å². The molecule has 1 saturated heterocycles. The molecule has 1 atom stereocenters. The first-order valence-electron chi connectivity index (χ1n) is 5.81. The first kappa shape index (κ1) is 13.2. The number of phenols is 1. The van der Waals surface area contributed by atoms with Gasteiger partial charge in [0.05, 0.1) is 6.04 Å². The van der Waals surface area contributed by atoms with Crippen LogP contribution in [0.3, 0.4) is 0 Å². The minimum atomic E-state index is -2.66. The van der Waals surface area contributed by atoms with Gasteiger partial charge in [-0.25, -0.2) is 13.2 Å². The molecular weight excluding hydrogens is 245 g/mol. The van der Waals surface area contributed by atoms with Crippen molar-refractivity contribution in [3.63, 3.8) is 0 Å². The third-order valence-electron chi connectivity index (χ3n) is 3.09. The van der Waals surface area contributed by atoms with Crippen molar-refractivity contribution in [2.45, 2.75) is 12.5 Å². The van der Waals surface area contributed by atoms with Crippen LogP contribution in [-0.2, 0) is 0 Å². The van der Waals surface area contributed by atoms with Gasteiger partial charge in [0.1, 0.15) is 11.6 Å². The molecule has 0 aromatic heterocycles. The first-order valence-corrected chi connectivity index (χ1v) is 5.81. The van der Waals surface area contributed by atoms with Crippen LogP contribution in [0.2, 0.25) is 0 Å². The summed E-state index contributed by atoms with van der Waals surface area (Å²) in [4.78, 5) is 1.57. The lowest BCUT2D eigenvalue weighted by Crippen LogP contribution is -2.47. The number of nitrogens with zero attached hydrogens (tertiary/aromatic N) is 1. The Morgan fingerprint density at radius 1 is 1.22 bits per heavy atom. The van der Waals surface area contributed by atoms with Crippen molar-refractivity contribution in [3.05, 3.63) is 29.6 Å². The Balaban J connectivity index is 2.28. The van der Waals surface area contributed by atoms with E-state index in [9.17, 15) is 13.2 Å². The van der Waals surface area contributed by atoms with E-state index in [0.717, 1.165) is 6.07 Å². The van der Waals surface area contributed by atoms with E-state index in [1.807, 2.05) is 0 Å². The summed E-state index contributed by atoms with van der Waals surface area (Å²) in [6, 6.07) is 2.07. The molecule has 1 aliphatic heterocycles. The molecule has 0 amide bonds. The van der Waals surface area contributed by atoms with Gasteiger partial charge in [0, 0.05) is 37.8 Å². The SMILES string of the molecule is Oc1ccc([C@@H](C(F)F)N2CCNCC2)c(F)c1. The first-order chi connectivity index (χ1) is 8.59. The maximum Gasteiger partial charge on any atom is 0.258 e. The average Bonchev–Trinajstić information content (AvgIpc) is 2.33. The van der Waals surface area contributed by atoms with E-state index in [0.29, 0.717) is 26.2 Å². The highest BCUT2D eigenvalue weighted by molar-refractivity contribution is 5.30. The maximum atomic E-state index is 13.7. The molecule has 100 valence electrons. The molecule has 1 aromatic rings. The summed E-state index contributed by atoms with van der Waals surface area (Å²) in [7, 11) is 0. The fourth-order valence-corrected chi connectivity index (χ4v) is 2.21. The van der Waals surface area contributed by atoms with Crippen LogP contribution in [0, 0.1) is 5.82 Å². The second kappa shape index (κ2) is 5.58. The van der Waals surface area contributed by atoms with E-state index in [1.54, 1.807) is 4.90 Å². The standard InChI is InChI=1S/C12H15F3N2O/c13-10-7-8(18)1-2-9(10)11(12(14)15)17-5-3-16-4-6-17/h1-2,7,11-12,16,18H,3-6H2/t11-/m0/s1. The van der Waals surface area contributed by atoms with Crippen LogP contribution in [0.25, 0.3) is 0 Å². The van der Waals surface area contributed by atoms with Crippen molar-refractivity contribution in [3.8, 4) is 5.75 Å². The number of aromatic hydroxyl groups is 1. The summed E-state index contributed by atoms with van der Waals surface area (Å²) in [5.74, 6) is -1.05. The molecule has 1 aliphatic rings. The number of benzene rings is 1. The number of alkyl halides is 2. The van der Waals surface area contributed by atoms with E-state index in [1.165, 1.54) is 12.1 Å². The molecule has 1 aromatic carbocycles. The minimum Gasteiger partial charge on any atom is -0.508 e. The smallest absolute Gasteiger partial charge is 0.258 e. The second-order valence-corrected chi connectivity index (χ2v) is 4.27. The zero-order valence-corrected chi connectivity index (χ0v) is 9.74. The summed E-state index contributed by atoms with van der Waals surface area (Å²) in [5.41, 5.74) is -0.0651. The minimum absolute atomic E-state index is 0.0651. The summed E-state index contributed by atoms with van der Waals surface area (Å²) >= 11 is 0. The molecule has 0 spiro atoms. The van der Waals surface area contributed by atoms with Gasteiger partial charge in [-0.3, -0.25) is 4.90 Å². The van der Waals surface area contributed by atoms with Gasteiger partial charge >= 0.3 is 0 Å². The van der Waals surface area contributed by atoms with Gasteiger partial charge in [-0.05, 0) is 6.07 Å². The Morgan fingerprint density at radius 3 is 2.44 bits per heavy atom. The molecular formula is C12H15F3N2O. The van der Waals surface area contributed by atoms with Crippen LogP contribution in [0.1, 0.15) is 11.6 Å². The van der Waals surface area contributed by atoms with Gasteiger partial charge in [0.15, 0.2) is 0 Å². The van der Waals surface area contributed by atoms with Gasteiger partial charge in [0.25, 0.3) is 6.43 Å². The van der Waals surface area contributed by atoms with Crippen molar-refractivity contribution < 1.29 is 18.3 Å². The fraction of sp³-hybridized carbons (Fsp3) is 0.500. The highest BCUT2D eigenvalue weighted by Crippen LogP contribution is 2.31. The Hall–Kier alpha value is -1.27. The van der Waals surface area contributed by atoms with Crippen molar-refractivity contribution in [2.24, 2.45) is 0 Å². The molecule has 1 heterocycles. The van der Waals surface area contributed by atoms with Gasteiger partial charge in [-0.1, -0.05) is 6.07 Å². The van der Waals surface area contributed by atoms with Crippen molar-refractivity contribution >= 4 is 0 Å². The van der Waals surface area contributed by atoms with Crippen LogP contribution >= 0.6 is 0 Å². The third-order valence-corrected chi connectivity index (χ3v) is 3.09. The monoisotopic (exact) mass is 260 g/mol. The highest BCUT2D eigenvalue weighted by atomic mass is 19.3. The van der Waals surface area contributed by atoms with Crippen molar-refractivity contribution in [1.82, 2.24) is 10.2 Å². The Labute approximate surface area is 103 Å². The fourth-order valence-electron chi connectivity index (χ4n) is 2.21. The predicted molar refractivity (Wildman–Crippen MR) is 61.3 cm³/mol. The van der Waals surface area contributed by atoms with E-state index in [4.69, 9.17) is 5.11 Å². The highest BCUT2D eigenvalue weighted by Gasteiger charge is 2.32. The zero-order chi connectivity index (χ0) is 13.1. The van der Waals surface area contributed by atoms with E-state index < -0.39 is 18.3 Å². The van der Waals surface area contributed by atoms with Crippen LogP contribution in [-0.4, -0.2) is 42.6 Å². The number of piperazine rings is 1. The molecule has 1 fully saturated rings. The lowest BCUT2D eigenvalue weighted by Gasteiger charge is -2.34. The average molecular weight is 260 g/mol. The Bertz CT molecular complexity index is 408. The molecule has 0 radical (unpaired) electrons. The molecule has 18 heavy (non-hydrogen) atoms. The molecule has 2 rings (SSSR count). The lowest BCUT2D eigenvalue weighted by atomic mass is 10.0. The van der Waals surface area contributed by atoms with Gasteiger partial charge in [-0.15, -0.1) is 0 Å². The Morgan fingerprint density at radius 2 is 1.89 bits per heavy atom. The third kappa shape index (κ3) is 2.76. The predicted octanol–water partition coefficient (Wildman–Crippen LogP) is 1.74. The van der Waals surface area contributed by atoms with Crippen molar-refractivity contribution in [1.29, 1.82) is 0 Å². The summed E-state index contributed by atoms with van der Waals surface area (Å²) in [6.07, 6.45) is -2.66. The summed E-state index contributed by atoms with van der Waals surface area (Å²) in [5, 5.41) is 12.2. The van der Waals surface area contributed by atoms with Gasteiger partial charge in [-0.2, -0.15) is 0 Å². The number of hydrogen-bond donors (Lipinski definition) is 2. The number of halogens is 3. The summed E-state index contributed by atoms with van der Waals surface area (Å²) in [6.45, 7) is 2.14. The topological polar surface area (TPSA) is 35.5 Å². The van der Waals surface area contributed by atoms with Crippen LogP contribution in [0.4, 0.5) is 13.2 Å². The number of rotatable bonds is 3. The Kier molecular flexibility index (Phi) is 4.08. The quantitative estimate of drug-likeness (QED) is 0.869. The number of nitrogens with one attached hydrogen (secondary N) is 1. The molecule has 0 aliphatic carbocycles. The molecule has 3 nitrogen and oxygen atoms in total. The van der Waals surface area contributed by atoms with Gasteiger partial charge in [0.2, 0.25) is 0 Å². The van der Waals surface area contributed by atoms with E-state index in [2.05, 4.69) is 5.32 Å². The van der Waals surface area contributed by atoms with Crippen molar-refractivity contribution in [2.75, 3.05) is 26.2 Å². The van der Waals surface area contributed by atoms with Gasteiger partial charge < -0.3 is 10.4 Å². The molecule has 0 bridgehead atoms. The maximum absolute atomic E-state index is 13.7. The molecule has 0 unspecified atom stereocenters. The van der Waals surface area contributed by atoms with Crippen LogP contribution < -0.4 is 5.32 Å². The molecule has 2 N–H and O–H groups in total. The second-order valence-electron chi connectivity index (χ2n) is 4.27. The largest absolute Gasteiger partial charge is 0.508 e. The number of phenolic OH excluding ortho intramolecular Hbond substituents is 1. The van der Waals surface area contributed by atoms with E-state index in [-0.39, 0.29) is 11.3 Å². The molecule has 6 heteroatoms. The number of hydrogen-bond acceptors (Lipinski definition) is 3. The lowest BCUT2D eigenvalue weighted by molar-refractivity contribution is 0.0163. The summed E-state index contributed by atoms with van der Waals surface area (Å²) < 4.78 is 40.0. The van der Waals surface area contributed by atoms with Crippen LogP contribution in [0.15, 0.2) is 18.2 Å². The molecule has 0 saturated carbocycles. The zero-order valence-electron chi connectivity index (χ0n) is 9.74.